The Kier molecular flexibility index (Phi) is 8.80. The van der Waals surface area contributed by atoms with E-state index in [0.717, 1.165) is 16.9 Å². The number of H-pyrrole nitrogens is 1. The van der Waals surface area contributed by atoms with Gasteiger partial charge < -0.3 is 24.4 Å². The molecule has 5 aromatic rings. The van der Waals surface area contributed by atoms with E-state index in [9.17, 15) is 14.9 Å². The number of nitrogens with zero attached hydrogens (tertiary/aromatic N) is 9. The van der Waals surface area contributed by atoms with Crippen LogP contribution in [0.4, 0.5) is 10.1 Å². The maximum atomic E-state index is 16.7. The van der Waals surface area contributed by atoms with E-state index in [-0.39, 0.29) is 36.0 Å². The third-order valence-electron chi connectivity index (χ3n) is 9.54. The average molecular weight is 677 g/mol. The van der Waals surface area contributed by atoms with Crippen molar-refractivity contribution in [3.63, 3.8) is 0 Å². The fourth-order valence-electron chi connectivity index (χ4n) is 7.03. The summed E-state index contributed by atoms with van der Waals surface area (Å²) in [6.45, 7) is 4.98. The summed E-state index contributed by atoms with van der Waals surface area (Å²) in [5.74, 6) is -0.159. The average Bonchev–Trinajstić information content (AvgIpc) is 3.90. The molecule has 1 saturated heterocycles. The normalized spacial score (nSPS) is 14.9. The number of methoxy groups -OCH3 is 1. The first-order valence-corrected chi connectivity index (χ1v) is 16.5. The number of para-hydroxylation sites is 1. The first kappa shape index (κ1) is 32.6. The van der Waals surface area contributed by atoms with Crippen LogP contribution < -0.4 is 9.64 Å². The molecule has 2 aromatic carbocycles. The van der Waals surface area contributed by atoms with Gasteiger partial charge in [-0.1, -0.05) is 29.5 Å². The van der Waals surface area contributed by atoms with E-state index in [1.165, 1.54) is 0 Å². The Morgan fingerprint density at radius 2 is 1.86 bits per heavy atom. The largest absolute Gasteiger partial charge is 0.496 e. The fraction of sp³-hybridized carbons (Fsp3) is 0.333. The predicted molar refractivity (Wildman–Crippen MR) is 185 cm³/mol. The number of benzene rings is 2. The molecular weight excluding hydrogens is 639 g/mol. The molecule has 5 heterocycles. The zero-order valence-electron chi connectivity index (χ0n) is 28.2. The number of piperazine rings is 1. The van der Waals surface area contributed by atoms with E-state index in [2.05, 4.69) is 31.4 Å². The quantitative estimate of drug-likeness (QED) is 0.259. The maximum absolute atomic E-state index is 16.7. The number of aromatic amines is 1. The minimum absolute atomic E-state index is 0.0482. The standard InChI is InChI=1S/C36H37FN10O3/c1-23-35(30(21-38)43(2)41-23)44-15-17-45(18-16-44)36(49)29-20-28-27(25-8-4-5-9-31(25)50-3)19-26(33(37)34(28)40-29)24-7-6-12-46(22-24)32(48)10-13-47-14-11-39-42-47/h4-5,7-9,11,14,19-20,40H,6,10,12-13,15-18,22H2,1-3H3. The molecule has 13 nitrogen and oxygen atoms in total. The lowest BCUT2D eigenvalue weighted by atomic mass is 9.93. The van der Waals surface area contributed by atoms with Gasteiger partial charge in [0.1, 0.15) is 17.5 Å². The van der Waals surface area contributed by atoms with Crippen molar-refractivity contribution in [3.05, 3.63) is 83.3 Å². The molecule has 3 aromatic heterocycles. The highest BCUT2D eigenvalue weighted by atomic mass is 19.1. The number of halogens is 1. The van der Waals surface area contributed by atoms with Crippen molar-refractivity contribution >= 4 is 34.0 Å². The lowest BCUT2D eigenvalue weighted by Gasteiger charge is -2.35. The van der Waals surface area contributed by atoms with Crippen LogP contribution in [0.15, 0.2) is 54.9 Å². The predicted octanol–water partition coefficient (Wildman–Crippen LogP) is 4.16. The number of nitriles is 1. The Hall–Kier alpha value is -5.97. The topological polar surface area (TPSA) is 141 Å². The van der Waals surface area contributed by atoms with Crippen LogP contribution in [-0.4, -0.2) is 97.8 Å². The lowest BCUT2D eigenvalue weighted by Crippen LogP contribution is -2.49. The second-order valence-electron chi connectivity index (χ2n) is 12.5. The summed E-state index contributed by atoms with van der Waals surface area (Å²) >= 11 is 0. The van der Waals surface area contributed by atoms with Crippen molar-refractivity contribution in [2.75, 3.05) is 51.3 Å². The van der Waals surface area contributed by atoms with Crippen molar-refractivity contribution in [2.45, 2.75) is 26.3 Å². The van der Waals surface area contributed by atoms with E-state index in [4.69, 9.17) is 4.74 Å². The number of hydrogen-bond donors (Lipinski definition) is 1. The van der Waals surface area contributed by atoms with Crippen LogP contribution in [-0.2, 0) is 18.4 Å². The molecule has 2 aliphatic heterocycles. The summed E-state index contributed by atoms with van der Waals surface area (Å²) in [7, 11) is 3.34. The van der Waals surface area contributed by atoms with Crippen molar-refractivity contribution < 1.29 is 18.7 Å². The van der Waals surface area contributed by atoms with Crippen LogP contribution in [0, 0.1) is 24.1 Å². The van der Waals surface area contributed by atoms with Gasteiger partial charge in [-0.15, -0.1) is 5.10 Å². The minimum Gasteiger partial charge on any atom is -0.496 e. The molecule has 2 amide bonds. The van der Waals surface area contributed by atoms with Gasteiger partial charge in [0, 0.05) is 75.4 Å². The van der Waals surface area contributed by atoms with Crippen molar-refractivity contribution in [1.82, 2.24) is 39.6 Å². The van der Waals surface area contributed by atoms with Gasteiger partial charge in [0.05, 0.1) is 36.7 Å². The maximum Gasteiger partial charge on any atom is 0.270 e. The number of aryl methyl sites for hydroxylation is 3. The van der Waals surface area contributed by atoms with Crippen LogP contribution in [0.3, 0.4) is 0 Å². The van der Waals surface area contributed by atoms with Gasteiger partial charge in [-0.25, -0.2) is 4.39 Å². The number of carbonyl (C=O) groups excluding carboxylic acids is 2. The molecule has 14 heteroatoms. The van der Waals surface area contributed by atoms with E-state index in [1.807, 2.05) is 37.3 Å². The number of fused-ring (bicyclic) bond motifs is 1. The number of nitrogens with one attached hydrogen (secondary N) is 1. The first-order valence-electron chi connectivity index (χ1n) is 16.5. The molecule has 0 aliphatic carbocycles. The summed E-state index contributed by atoms with van der Waals surface area (Å²) in [4.78, 5) is 35.8. The molecule has 1 fully saturated rings. The summed E-state index contributed by atoms with van der Waals surface area (Å²) in [6, 6.07) is 13.3. The summed E-state index contributed by atoms with van der Waals surface area (Å²) < 4.78 is 25.6. The number of aromatic nitrogens is 6. The van der Waals surface area contributed by atoms with Gasteiger partial charge in [-0.2, -0.15) is 10.4 Å². The van der Waals surface area contributed by atoms with Crippen molar-refractivity contribution in [3.8, 4) is 22.9 Å². The minimum atomic E-state index is -0.484. The number of amides is 2. The number of rotatable bonds is 8. The number of hydrogen-bond acceptors (Lipinski definition) is 8. The Bertz CT molecular complexity index is 2150. The van der Waals surface area contributed by atoms with E-state index >= 15 is 4.39 Å². The summed E-state index contributed by atoms with van der Waals surface area (Å²) in [6.07, 6.45) is 6.10. The molecule has 0 bridgehead atoms. The third kappa shape index (κ3) is 5.95. The molecule has 50 heavy (non-hydrogen) atoms. The summed E-state index contributed by atoms with van der Waals surface area (Å²) in [5.41, 5.74) is 5.05. The fourth-order valence-corrected chi connectivity index (χ4v) is 7.03. The second-order valence-corrected chi connectivity index (χ2v) is 12.5. The second kappa shape index (κ2) is 13.5. The van der Waals surface area contributed by atoms with Gasteiger partial charge in [-0.05, 0) is 42.7 Å². The van der Waals surface area contributed by atoms with Crippen LogP contribution in [0.1, 0.15) is 40.3 Å². The molecule has 7 rings (SSSR count). The van der Waals surface area contributed by atoms with E-state index < -0.39 is 5.82 Å². The molecule has 0 atom stereocenters. The highest BCUT2D eigenvalue weighted by Crippen LogP contribution is 2.40. The molecule has 1 N–H and O–H groups in total. The molecule has 0 spiro atoms. The highest BCUT2D eigenvalue weighted by molar-refractivity contribution is 6.05. The monoisotopic (exact) mass is 676 g/mol. The number of carbonyl (C=O) groups is 2. The Balaban J connectivity index is 1.19. The van der Waals surface area contributed by atoms with Gasteiger partial charge >= 0.3 is 0 Å². The molecule has 0 unspecified atom stereocenters. The van der Waals surface area contributed by atoms with Gasteiger partial charge in [0.2, 0.25) is 5.91 Å². The Morgan fingerprint density at radius 1 is 1.06 bits per heavy atom. The van der Waals surface area contributed by atoms with Gasteiger partial charge in [-0.3, -0.25) is 19.0 Å². The number of ether oxygens (including phenoxy) is 1. The zero-order valence-corrected chi connectivity index (χ0v) is 28.2. The molecule has 0 radical (unpaired) electrons. The smallest absolute Gasteiger partial charge is 0.270 e. The molecule has 0 saturated carbocycles. The van der Waals surface area contributed by atoms with Crippen LogP contribution in [0.2, 0.25) is 0 Å². The van der Waals surface area contributed by atoms with E-state index in [1.54, 1.807) is 57.8 Å². The first-order chi connectivity index (χ1) is 24.3. The van der Waals surface area contributed by atoms with Crippen molar-refractivity contribution in [1.29, 1.82) is 5.26 Å². The summed E-state index contributed by atoms with van der Waals surface area (Å²) in [5, 5.41) is 22.4. The molecule has 256 valence electrons. The van der Waals surface area contributed by atoms with Crippen LogP contribution >= 0.6 is 0 Å². The zero-order chi connectivity index (χ0) is 34.9. The lowest BCUT2D eigenvalue weighted by molar-refractivity contribution is -0.131. The van der Waals surface area contributed by atoms with Crippen LogP contribution in [0.25, 0.3) is 27.6 Å². The van der Waals surface area contributed by atoms with E-state index in [0.29, 0.717) is 79.2 Å². The molecule has 2 aliphatic rings. The van der Waals surface area contributed by atoms with Gasteiger partial charge in [0.15, 0.2) is 11.5 Å². The van der Waals surface area contributed by atoms with Crippen LogP contribution in [0.5, 0.6) is 5.75 Å². The Labute approximate surface area is 288 Å². The Morgan fingerprint density at radius 3 is 2.60 bits per heavy atom. The van der Waals surface area contributed by atoms with Crippen molar-refractivity contribution in [2.24, 2.45) is 7.05 Å². The number of anilines is 1. The third-order valence-corrected chi connectivity index (χ3v) is 9.54. The SMILES string of the molecule is COc1ccccc1-c1cc(C2=CCCN(C(=O)CCn3ccnn3)C2)c(F)c2[nH]c(C(=O)N3CCN(c4c(C)nn(C)c4C#N)CC3)cc12. The highest BCUT2D eigenvalue weighted by Gasteiger charge is 2.29. The molecular formula is C36H37FN10O3. The van der Waals surface area contributed by atoms with Gasteiger partial charge in [0.25, 0.3) is 5.91 Å².